The van der Waals surface area contributed by atoms with Crippen molar-refractivity contribution in [3.05, 3.63) is 71.0 Å². The number of benzene rings is 2. The van der Waals surface area contributed by atoms with Crippen LogP contribution in [0.4, 0.5) is 10.2 Å². The lowest BCUT2D eigenvalue weighted by molar-refractivity contribution is -0.128. The second-order valence-corrected chi connectivity index (χ2v) is 8.43. The molecule has 34 heavy (non-hydrogen) atoms. The highest BCUT2D eigenvalue weighted by Crippen LogP contribution is 2.39. The molecule has 0 saturated carbocycles. The van der Waals surface area contributed by atoms with Crippen LogP contribution in [0.5, 0.6) is 11.9 Å². The summed E-state index contributed by atoms with van der Waals surface area (Å²) < 4.78 is 24.9. The number of methoxy groups -OCH3 is 1. The number of rotatable bonds is 4. The third-order valence-corrected chi connectivity index (χ3v) is 6.34. The van der Waals surface area contributed by atoms with Crippen molar-refractivity contribution in [3.8, 4) is 11.9 Å². The summed E-state index contributed by atoms with van der Waals surface area (Å²) in [5, 5.41) is 2.58. The van der Waals surface area contributed by atoms with Crippen molar-refractivity contribution in [1.29, 1.82) is 0 Å². The van der Waals surface area contributed by atoms with Gasteiger partial charge in [-0.05, 0) is 17.5 Å². The second-order valence-electron chi connectivity index (χ2n) is 8.02. The van der Waals surface area contributed by atoms with E-state index in [1.54, 1.807) is 0 Å². The first-order valence-corrected chi connectivity index (χ1v) is 11.2. The number of nitrogens with zero attached hydrogens (tertiary/aromatic N) is 4. The highest BCUT2D eigenvalue weighted by atomic mass is 35.5. The van der Waals surface area contributed by atoms with Gasteiger partial charge in [-0.1, -0.05) is 48.5 Å². The lowest BCUT2D eigenvalue weighted by Gasteiger charge is -2.36. The fourth-order valence-corrected chi connectivity index (χ4v) is 4.63. The van der Waals surface area contributed by atoms with Crippen molar-refractivity contribution in [3.63, 3.8) is 0 Å². The van der Waals surface area contributed by atoms with Crippen LogP contribution in [0, 0.1) is 0 Å². The predicted octanol–water partition coefficient (Wildman–Crippen LogP) is 4.40. The van der Waals surface area contributed by atoms with Gasteiger partial charge in [-0.3, -0.25) is 4.79 Å². The molecule has 2 aliphatic rings. The van der Waals surface area contributed by atoms with Gasteiger partial charge in [-0.2, -0.15) is 9.97 Å². The zero-order valence-electron chi connectivity index (χ0n) is 18.6. The fraction of sp³-hybridized carbons (Fsp3) is 0.240. The number of carbonyl (C=O) groups is 1. The molecule has 3 aromatic rings. The molecule has 0 bridgehead atoms. The molecule has 174 valence electrons. The maximum Gasteiger partial charge on any atom is 0.321 e. The maximum absolute atomic E-state index is 13.3. The third-order valence-electron chi connectivity index (χ3n) is 6.03. The average Bonchev–Trinajstić information content (AvgIpc) is 2.87. The average molecular weight is 481 g/mol. The molecule has 1 aromatic heterocycles. The van der Waals surface area contributed by atoms with Crippen molar-refractivity contribution in [2.24, 2.45) is 0 Å². The van der Waals surface area contributed by atoms with Gasteiger partial charge in [-0.25, -0.2) is 4.39 Å². The van der Waals surface area contributed by atoms with Crippen molar-refractivity contribution in [2.75, 3.05) is 38.2 Å². The topological polar surface area (TPSA) is 67.8 Å². The van der Waals surface area contributed by atoms with E-state index in [2.05, 4.69) is 16.5 Å². The highest BCUT2D eigenvalue weighted by Gasteiger charge is 2.29. The molecule has 7 nitrogen and oxygen atoms in total. The molecule has 5 rings (SSSR count). The SMILES string of the molecule is C=C(F)C(=O)N1CCN(c2nc(OC)nc3c2CC=C(c2cccc4cccc(Cl)c24)O3)CC1. The monoisotopic (exact) mass is 480 g/mol. The molecule has 0 unspecified atom stereocenters. The standard InChI is InChI=1S/C25H22ClFN4O3/c1-15(27)24(32)31-13-11-30(12-14-31)22-18-9-10-20(34-23(18)29-25(28-22)33-2)17-7-3-5-16-6-4-8-19(26)21(16)17/h3-8,10H,1,9,11-14H2,2H3. The normalized spacial score (nSPS) is 15.4. The summed E-state index contributed by atoms with van der Waals surface area (Å²) in [6.07, 6.45) is 2.54. The maximum atomic E-state index is 13.3. The van der Waals surface area contributed by atoms with Crippen molar-refractivity contribution in [1.82, 2.24) is 14.9 Å². The molecule has 0 N–H and O–H groups in total. The fourth-order valence-electron chi connectivity index (χ4n) is 4.35. The van der Waals surface area contributed by atoms with Crippen LogP contribution in [-0.4, -0.2) is 54.1 Å². The van der Waals surface area contributed by atoms with Crippen LogP contribution in [0.1, 0.15) is 11.1 Å². The van der Waals surface area contributed by atoms with E-state index in [9.17, 15) is 9.18 Å². The summed E-state index contributed by atoms with van der Waals surface area (Å²) in [6.45, 7) is 4.80. The Morgan fingerprint density at radius 3 is 2.59 bits per heavy atom. The van der Waals surface area contributed by atoms with Crippen LogP contribution in [0.15, 0.2) is 54.9 Å². The number of piperazine rings is 1. The van der Waals surface area contributed by atoms with Crippen molar-refractivity contribution >= 4 is 39.9 Å². The van der Waals surface area contributed by atoms with Gasteiger partial charge in [0, 0.05) is 48.6 Å². The number of amides is 1. The van der Waals surface area contributed by atoms with E-state index >= 15 is 0 Å². The number of allylic oxidation sites excluding steroid dienone is 1. The van der Waals surface area contributed by atoms with Crippen LogP contribution in [0.25, 0.3) is 16.5 Å². The molecule has 0 spiro atoms. The summed E-state index contributed by atoms with van der Waals surface area (Å²) in [4.78, 5) is 24.4. The molecule has 1 amide bonds. The number of aromatic nitrogens is 2. The van der Waals surface area contributed by atoms with E-state index in [4.69, 9.17) is 21.1 Å². The van der Waals surface area contributed by atoms with Gasteiger partial charge < -0.3 is 19.3 Å². The molecule has 2 aliphatic heterocycles. The Morgan fingerprint density at radius 2 is 1.88 bits per heavy atom. The number of fused-ring (bicyclic) bond motifs is 2. The van der Waals surface area contributed by atoms with Crippen LogP contribution in [-0.2, 0) is 11.2 Å². The Bertz CT molecular complexity index is 1330. The smallest absolute Gasteiger partial charge is 0.321 e. The van der Waals surface area contributed by atoms with E-state index in [-0.39, 0.29) is 6.01 Å². The quantitative estimate of drug-likeness (QED) is 0.516. The second kappa shape index (κ2) is 8.95. The number of ether oxygens (including phenoxy) is 2. The summed E-state index contributed by atoms with van der Waals surface area (Å²) in [6, 6.07) is 11.9. The third kappa shape index (κ3) is 3.94. The Balaban J connectivity index is 1.47. The molecular weight excluding hydrogens is 459 g/mol. The van der Waals surface area contributed by atoms with Gasteiger partial charge >= 0.3 is 6.01 Å². The zero-order chi connectivity index (χ0) is 23.8. The van der Waals surface area contributed by atoms with E-state index in [1.807, 2.05) is 47.4 Å². The summed E-state index contributed by atoms with van der Waals surface area (Å²) >= 11 is 6.52. The van der Waals surface area contributed by atoms with Crippen LogP contribution in [0.2, 0.25) is 5.02 Å². The van der Waals surface area contributed by atoms with Gasteiger partial charge in [0.1, 0.15) is 11.6 Å². The number of anilines is 1. The first-order chi connectivity index (χ1) is 16.5. The van der Waals surface area contributed by atoms with Gasteiger partial charge in [0.2, 0.25) is 5.88 Å². The Hall–Kier alpha value is -3.65. The molecule has 3 heterocycles. The molecule has 1 saturated heterocycles. The molecule has 0 atom stereocenters. The number of halogens is 2. The largest absolute Gasteiger partial charge is 0.467 e. The van der Waals surface area contributed by atoms with Crippen molar-refractivity contribution in [2.45, 2.75) is 6.42 Å². The van der Waals surface area contributed by atoms with Gasteiger partial charge in [0.05, 0.1) is 12.7 Å². The molecule has 2 aromatic carbocycles. The van der Waals surface area contributed by atoms with E-state index < -0.39 is 11.7 Å². The summed E-state index contributed by atoms with van der Waals surface area (Å²) in [5.41, 5.74) is 1.71. The first-order valence-electron chi connectivity index (χ1n) is 10.9. The van der Waals surface area contributed by atoms with Crippen LogP contribution < -0.4 is 14.4 Å². The minimum atomic E-state index is -0.950. The van der Waals surface area contributed by atoms with Gasteiger partial charge in [0.15, 0.2) is 5.83 Å². The van der Waals surface area contributed by atoms with E-state index in [0.717, 1.165) is 21.9 Å². The Kier molecular flexibility index (Phi) is 5.83. The van der Waals surface area contributed by atoms with Crippen LogP contribution >= 0.6 is 11.6 Å². The highest BCUT2D eigenvalue weighted by molar-refractivity contribution is 6.36. The molecular formula is C25H22ClFN4O3. The molecule has 9 heteroatoms. The summed E-state index contributed by atoms with van der Waals surface area (Å²) in [7, 11) is 1.50. The lowest BCUT2D eigenvalue weighted by Crippen LogP contribution is -2.49. The van der Waals surface area contributed by atoms with Crippen LogP contribution in [0.3, 0.4) is 0 Å². The molecule has 0 radical (unpaired) electrons. The number of hydrogen-bond donors (Lipinski definition) is 0. The minimum absolute atomic E-state index is 0.182. The van der Waals surface area contributed by atoms with Crippen molar-refractivity contribution < 1.29 is 18.7 Å². The first kappa shape index (κ1) is 22.2. The molecule has 0 aliphatic carbocycles. The van der Waals surface area contributed by atoms with E-state index in [1.165, 1.54) is 12.0 Å². The summed E-state index contributed by atoms with van der Waals surface area (Å²) in [5.74, 6) is 0.133. The minimum Gasteiger partial charge on any atom is -0.467 e. The Labute approximate surface area is 201 Å². The number of hydrogen-bond acceptors (Lipinski definition) is 6. The van der Waals surface area contributed by atoms with Gasteiger partial charge in [0.25, 0.3) is 5.91 Å². The zero-order valence-corrected chi connectivity index (χ0v) is 19.3. The Morgan fingerprint density at radius 1 is 1.15 bits per heavy atom. The molecule has 1 fully saturated rings. The predicted molar refractivity (Wildman–Crippen MR) is 129 cm³/mol. The number of carbonyl (C=O) groups excluding carboxylic acids is 1. The lowest BCUT2D eigenvalue weighted by atomic mass is 10.0. The van der Waals surface area contributed by atoms with Gasteiger partial charge in [-0.15, -0.1) is 0 Å². The van der Waals surface area contributed by atoms with E-state index in [0.29, 0.717) is 55.1 Å².